The second kappa shape index (κ2) is 6.48. The Kier molecular flexibility index (Phi) is 6.03. The molecule has 0 saturated heterocycles. The van der Waals surface area contributed by atoms with Crippen LogP contribution < -0.4 is 5.32 Å². The summed E-state index contributed by atoms with van der Waals surface area (Å²) in [5.41, 5.74) is 0. The molecule has 14 heavy (non-hydrogen) atoms. The monoisotopic (exact) mass is 222 g/mol. The lowest BCUT2D eigenvalue weighted by atomic mass is 10.0. The van der Waals surface area contributed by atoms with Crippen LogP contribution in [-0.4, -0.2) is 27.6 Å². The van der Waals surface area contributed by atoms with Gasteiger partial charge in [0, 0.05) is 12.5 Å². The van der Waals surface area contributed by atoms with E-state index in [4.69, 9.17) is 21.9 Å². The van der Waals surface area contributed by atoms with Gasteiger partial charge in [-0.2, -0.15) is 0 Å². The van der Waals surface area contributed by atoms with E-state index >= 15 is 0 Å². The molecule has 0 fully saturated rings. The molecular formula is C8H15ClN2O3. The fourth-order valence-electron chi connectivity index (χ4n) is 1.18. The fourth-order valence-corrected chi connectivity index (χ4v) is 1.37. The molecule has 0 aliphatic heterocycles. The first kappa shape index (κ1) is 13.0. The number of nitrogens with one attached hydrogen (secondary N) is 1. The van der Waals surface area contributed by atoms with Crippen LogP contribution in [0.1, 0.15) is 26.7 Å². The summed E-state index contributed by atoms with van der Waals surface area (Å²) in [6.45, 7) is 3.95. The zero-order valence-corrected chi connectivity index (χ0v) is 8.95. The highest BCUT2D eigenvalue weighted by molar-refractivity contribution is 6.65. The number of hydrogen-bond donors (Lipinski definition) is 3. The summed E-state index contributed by atoms with van der Waals surface area (Å²) < 4.78 is 0. The standard InChI is InChI=1S/C8H15ClN2O3/c1-5(2)3-6(10-8(12)13)4-7(9)11-14/h5-6,10,14H,3-4H2,1-2H3,(H,12,13)/b11-7-/t6-/m0/s1. The molecule has 6 heteroatoms. The number of carbonyl (C=O) groups is 1. The van der Waals surface area contributed by atoms with Gasteiger partial charge in [-0.05, 0) is 12.3 Å². The average Bonchev–Trinajstić information content (AvgIpc) is 2.01. The molecule has 1 atom stereocenters. The van der Waals surface area contributed by atoms with Gasteiger partial charge in [0.25, 0.3) is 0 Å². The predicted octanol–water partition coefficient (Wildman–Crippen LogP) is 2.09. The summed E-state index contributed by atoms with van der Waals surface area (Å²) in [5, 5.41) is 22.0. The van der Waals surface area contributed by atoms with Crippen molar-refractivity contribution in [3.8, 4) is 0 Å². The van der Waals surface area contributed by atoms with E-state index < -0.39 is 6.09 Å². The minimum absolute atomic E-state index is 0.00407. The van der Waals surface area contributed by atoms with E-state index in [1.165, 1.54) is 0 Å². The Labute approximate surface area is 87.7 Å². The smallest absolute Gasteiger partial charge is 0.404 e. The Morgan fingerprint density at radius 2 is 2.14 bits per heavy atom. The van der Waals surface area contributed by atoms with Crippen molar-refractivity contribution in [2.75, 3.05) is 0 Å². The van der Waals surface area contributed by atoms with Crippen LogP contribution in [0, 0.1) is 5.92 Å². The van der Waals surface area contributed by atoms with E-state index in [1.54, 1.807) is 0 Å². The first-order valence-electron chi connectivity index (χ1n) is 4.31. The highest BCUT2D eigenvalue weighted by atomic mass is 35.5. The second-order valence-electron chi connectivity index (χ2n) is 3.46. The molecule has 5 nitrogen and oxygen atoms in total. The van der Waals surface area contributed by atoms with Gasteiger partial charge in [0.1, 0.15) is 5.17 Å². The Morgan fingerprint density at radius 1 is 1.57 bits per heavy atom. The number of hydrogen-bond acceptors (Lipinski definition) is 3. The molecule has 0 saturated carbocycles. The van der Waals surface area contributed by atoms with Crippen molar-refractivity contribution in [1.29, 1.82) is 0 Å². The fraction of sp³-hybridized carbons (Fsp3) is 0.750. The maximum Gasteiger partial charge on any atom is 0.404 e. The Balaban J connectivity index is 4.17. The molecule has 0 bridgehead atoms. The zero-order chi connectivity index (χ0) is 11.1. The summed E-state index contributed by atoms with van der Waals surface area (Å²) in [6.07, 6.45) is -0.237. The van der Waals surface area contributed by atoms with Crippen molar-refractivity contribution in [3.05, 3.63) is 0 Å². The van der Waals surface area contributed by atoms with Crippen LogP contribution in [0.25, 0.3) is 0 Å². The van der Waals surface area contributed by atoms with E-state index in [0.29, 0.717) is 12.3 Å². The number of amides is 1. The molecule has 0 rings (SSSR count). The molecular weight excluding hydrogens is 208 g/mol. The summed E-state index contributed by atoms with van der Waals surface area (Å²) >= 11 is 5.49. The average molecular weight is 223 g/mol. The largest absolute Gasteiger partial charge is 0.465 e. The maximum atomic E-state index is 10.4. The summed E-state index contributed by atoms with van der Waals surface area (Å²) in [7, 11) is 0. The van der Waals surface area contributed by atoms with Crippen LogP contribution in [0.2, 0.25) is 0 Å². The quantitative estimate of drug-likeness (QED) is 0.378. The molecule has 0 aliphatic rings. The first-order chi connectivity index (χ1) is 6.45. The molecule has 0 heterocycles. The van der Waals surface area contributed by atoms with Crippen molar-refractivity contribution >= 4 is 22.9 Å². The third-order valence-corrected chi connectivity index (χ3v) is 1.84. The third-order valence-electron chi connectivity index (χ3n) is 1.61. The number of rotatable bonds is 5. The van der Waals surface area contributed by atoms with Gasteiger partial charge in [-0.3, -0.25) is 0 Å². The van der Waals surface area contributed by atoms with E-state index in [9.17, 15) is 4.79 Å². The Hall–Kier alpha value is -0.970. The van der Waals surface area contributed by atoms with Gasteiger partial charge < -0.3 is 15.6 Å². The summed E-state index contributed by atoms with van der Waals surface area (Å²) in [4.78, 5) is 10.4. The Morgan fingerprint density at radius 3 is 2.50 bits per heavy atom. The van der Waals surface area contributed by atoms with Crippen LogP contribution in [0.5, 0.6) is 0 Å². The van der Waals surface area contributed by atoms with Crippen molar-refractivity contribution in [2.24, 2.45) is 11.1 Å². The molecule has 0 unspecified atom stereocenters. The molecule has 3 N–H and O–H groups in total. The molecule has 0 aromatic rings. The highest BCUT2D eigenvalue weighted by Crippen LogP contribution is 2.10. The molecule has 0 aromatic carbocycles. The van der Waals surface area contributed by atoms with Crippen molar-refractivity contribution < 1.29 is 15.1 Å². The van der Waals surface area contributed by atoms with E-state index in [2.05, 4.69) is 10.5 Å². The molecule has 0 radical (unpaired) electrons. The SMILES string of the molecule is CC(C)C[C@@H](C/C(Cl)=N/O)NC(=O)O. The van der Waals surface area contributed by atoms with E-state index in [0.717, 1.165) is 0 Å². The van der Waals surface area contributed by atoms with Gasteiger partial charge in [0.2, 0.25) is 0 Å². The number of nitrogens with zero attached hydrogens (tertiary/aromatic N) is 1. The van der Waals surface area contributed by atoms with Gasteiger partial charge in [0.05, 0.1) is 0 Å². The van der Waals surface area contributed by atoms with Crippen molar-refractivity contribution in [3.63, 3.8) is 0 Å². The third kappa shape index (κ3) is 6.54. The number of halogens is 1. The number of carboxylic acid groups (broad SMARTS) is 1. The lowest BCUT2D eigenvalue weighted by molar-refractivity contribution is 0.188. The molecule has 0 aromatic heterocycles. The van der Waals surface area contributed by atoms with Gasteiger partial charge in [-0.25, -0.2) is 4.79 Å². The summed E-state index contributed by atoms with van der Waals surface area (Å²) in [5.74, 6) is 0.343. The minimum atomic E-state index is -1.10. The highest BCUT2D eigenvalue weighted by Gasteiger charge is 2.15. The van der Waals surface area contributed by atoms with Crippen LogP contribution in [0.4, 0.5) is 4.79 Å². The van der Waals surface area contributed by atoms with Crippen molar-refractivity contribution in [2.45, 2.75) is 32.7 Å². The predicted molar refractivity (Wildman–Crippen MR) is 54.1 cm³/mol. The minimum Gasteiger partial charge on any atom is -0.465 e. The lowest BCUT2D eigenvalue weighted by Gasteiger charge is -2.17. The van der Waals surface area contributed by atoms with E-state index in [1.807, 2.05) is 13.8 Å². The molecule has 82 valence electrons. The lowest BCUT2D eigenvalue weighted by Crippen LogP contribution is -2.35. The molecule has 0 aliphatic carbocycles. The number of oxime groups is 1. The van der Waals surface area contributed by atoms with Crippen LogP contribution in [0.15, 0.2) is 5.16 Å². The van der Waals surface area contributed by atoms with Gasteiger partial charge >= 0.3 is 6.09 Å². The van der Waals surface area contributed by atoms with Gasteiger partial charge in [0.15, 0.2) is 0 Å². The normalized spacial score (nSPS) is 14.1. The van der Waals surface area contributed by atoms with Gasteiger partial charge in [-0.15, -0.1) is 0 Å². The maximum absolute atomic E-state index is 10.4. The molecule has 1 amide bonds. The topological polar surface area (TPSA) is 81.9 Å². The molecule has 0 spiro atoms. The van der Waals surface area contributed by atoms with Gasteiger partial charge in [-0.1, -0.05) is 30.6 Å². The summed E-state index contributed by atoms with van der Waals surface area (Å²) in [6, 6.07) is -0.309. The van der Waals surface area contributed by atoms with Crippen molar-refractivity contribution in [1.82, 2.24) is 5.32 Å². The second-order valence-corrected chi connectivity index (χ2v) is 3.89. The first-order valence-corrected chi connectivity index (χ1v) is 4.69. The van der Waals surface area contributed by atoms with Crippen LogP contribution in [-0.2, 0) is 0 Å². The zero-order valence-electron chi connectivity index (χ0n) is 8.20. The Bertz CT molecular complexity index is 219. The van der Waals surface area contributed by atoms with Crippen LogP contribution >= 0.6 is 11.6 Å². The van der Waals surface area contributed by atoms with Crippen LogP contribution in [0.3, 0.4) is 0 Å². The van der Waals surface area contributed by atoms with E-state index in [-0.39, 0.29) is 17.6 Å².